The lowest BCUT2D eigenvalue weighted by molar-refractivity contribution is 0.146. The minimum atomic E-state index is 0.587. The summed E-state index contributed by atoms with van der Waals surface area (Å²) in [7, 11) is 1.80. The van der Waals surface area contributed by atoms with Crippen molar-refractivity contribution >= 4 is 0 Å². The number of rotatable bonds is 7. The molecule has 3 atom stereocenters. The minimum Gasteiger partial charge on any atom is -0.383 e. The normalized spacial score (nSPS) is 23.1. The van der Waals surface area contributed by atoms with Crippen molar-refractivity contribution in [2.24, 2.45) is 11.8 Å². The fourth-order valence-corrected chi connectivity index (χ4v) is 1.85. The molecule has 1 aliphatic rings. The standard InChI is InChI=1S/C12H25NO/c1-5-9(2)10(3)13-12(8-14-4)11-6-7-11/h9-13H,5-8H2,1-4H3. The average Bonchev–Trinajstić information content (AvgIpc) is 2.99. The van der Waals surface area contributed by atoms with Crippen LogP contribution in [0.15, 0.2) is 0 Å². The molecule has 0 spiro atoms. The Morgan fingerprint density at radius 1 is 1.36 bits per heavy atom. The first kappa shape index (κ1) is 12.0. The van der Waals surface area contributed by atoms with E-state index in [2.05, 4.69) is 26.1 Å². The highest BCUT2D eigenvalue weighted by molar-refractivity contribution is 4.88. The van der Waals surface area contributed by atoms with Crippen LogP contribution in [0.5, 0.6) is 0 Å². The van der Waals surface area contributed by atoms with Crippen LogP contribution in [0.4, 0.5) is 0 Å². The molecule has 0 aromatic carbocycles. The fraction of sp³-hybridized carbons (Fsp3) is 1.00. The molecule has 0 radical (unpaired) electrons. The molecule has 2 heteroatoms. The third kappa shape index (κ3) is 3.58. The predicted molar refractivity (Wildman–Crippen MR) is 60.4 cm³/mol. The molecule has 3 unspecified atom stereocenters. The zero-order valence-electron chi connectivity index (χ0n) is 10.0. The first-order chi connectivity index (χ1) is 6.69. The van der Waals surface area contributed by atoms with Gasteiger partial charge in [0.15, 0.2) is 0 Å². The Kier molecular flexibility index (Phi) is 4.90. The Morgan fingerprint density at radius 2 is 2.00 bits per heavy atom. The molecular weight excluding hydrogens is 174 g/mol. The third-order valence-corrected chi connectivity index (χ3v) is 3.51. The van der Waals surface area contributed by atoms with Gasteiger partial charge in [0.1, 0.15) is 0 Å². The van der Waals surface area contributed by atoms with Gasteiger partial charge < -0.3 is 10.1 Å². The van der Waals surface area contributed by atoms with E-state index in [1.165, 1.54) is 19.3 Å². The second-order valence-electron chi connectivity index (χ2n) is 4.74. The monoisotopic (exact) mass is 199 g/mol. The summed E-state index contributed by atoms with van der Waals surface area (Å²) in [5.74, 6) is 1.63. The maximum Gasteiger partial charge on any atom is 0.0618 e. The fourth-order valence-electron chi connectivity index (χ4n) is 1.85. The zero-order chi connectivity index (χ0) is 10.6. The van der Waals surface area contributed by atoms with E-state index in [9.17, 15) is 0 Å². The predicted octanol–water partition coefficient (Wildman–Crippen LogP) is 2.44. The molecule has 0 aromatic rings. The van der Waals surface area contributed by atoms with Crippen LogP contribution in [0.3, 0.4) is 0 Å². The maximum absolute atomic E-state index is 5.26. The lowest BCUT2D eigenvalue weighted by Crippen LogP contribution is -2.43. The van der Waals surface area contributed by atoms with Crippen LogP contribution in [0, 0.1) is 11.8 Å². The molecule has 84 valence electrons. The average molecular weight is 199 g/mol. The van der Waals surface area contributed by atoms with Gasteiger partial charge in [-0.1, -0.05) is 20.3 Å². The van der Waals surface area contributed by atoms with E-state index in [1.54, 1.807) is 7.11 Å². The quantitative estimate of drug-likeness (QED) is 0.680. The van der Waals surface area contributed by atoms with Crippen molar-refractivity contribution in [1.82, 2.24) is 5.32 Å². The Balaban J connectivity index is 2.30. The summed E-state index contributed by atoms with van der Waals surface area (Å²) in [6.45, 7) is 7.73. The molecule has 0 aromatic heterocycles. The van der Waals surface area contributed by atoms with Crippen LogP contribution < -0.4 is 5.32 Å². The van der Waals surface area contributed by atoms with Gasteiger partial charge in [0.05, 0.1) is 6.61 Å². The number of hydrogen-bond acceptors (Lipinski definition) is 2. The van der Waals surface area contributed by atoms with Crippen molar-refractivity contribution in [2.45, 2.75) is 52.1 Å². The van der Waals surface area contributed by atoms with Crippen LogP contribution in [-0.2, 0) is 4.74 Å². The van der Waals surface area contributed by atoms with Crippen LogP contribution >= 0.6 is 0 Å². The highest BCUT2D eigenvalue weighted by Gasteiger charge is 2.32. The van der Waals surface area contributed by atoms with E-state index in [0.29, 0.717) is 12.1 Å². The molecule has 0 aliphatic heterocycles. The molecule has 2 nitrogen and oxygen atoms in total. The van der Waals surface area contributed by atoms with Crippen molar-refractivity contribution < 1.29 is 4.74 Å². The highest BCUT2D eigenvalue weighted by Crippen LogP contribution is 2.33. The summed E-state index contributed by atoms with van der Waals surface area (Å²) < 4.78 is 5.26. The van der Waals surface area contributed by atoms with Crippen LogP contribution in [0.2, 0.25) is 0 Å². The second-order valence-corrected chi connectivity index (χ2v) is 4.74. The van der Waals surface area contributed by atoms with Gasteiger partial charge in [-0.2, -0.15) is 0 Å². The van der Waals surface area contributed by atoms with Crippen molar-refractivity contribution in [3.8, 4) is 0 Å². The number of methoxy groups -OCH3 is 1. The lowest BCUT2D eigenvalue weighted by Gasteiger charge is -2.26. The van der Waals surface area contributed by atoms with E-state index < -0.39 is 0 Å². The van der Waals surface area contributed by atoms with Crippen molar-refractivity contribution in [3.05, 3.63) is 0 Å². The van der Waals surface area contributed by atoms with Gasteiger partial charge in [-0.3, -0.25) is 0 Å². The first-order valence-corrected chi connectivity index (χ1v) is 5.94. The van der Waals surface area contributed by atoms with E-state index >= 15 is 0 Å². The second kappa shape index (κ2) is 5.72. The number of hydrogen-bond donors (Lipinski definition) is 1. The van der Waals surface area contributed by atoms with Crippen molar-refractivity contribution in [3.63, 3.8) is 0 Å². The molecule has 1 fully saturated rings. The van der Waals surface area contributed by atoms with Gasteiger partial charge in [0.25, 0.3) is 0 Å². The summed E-state index contributed by atoms with van der Waals surface area (Å²) in [5.41, 5.74) is 0. The molecule has 0 amide bonds. The highest BCUT2D eigenvalue weighted by atomic mass is 16.5. The zero-order valence-corrected chi connectivity index (χ0v) is 10.0. The van der Waals surface area contributed by atoms with Crippen LogP contribution in [0.25, 0.3) is 0 Å². The summed E-state index contributed by atoms with van der Waals surface area (Å²) >= 11 is 0. The molecular formula is C12H25NO. The molecule has 0 bridgehead atoms. The Morgan fingerprint density at radius 3 is 2.43 bits per heavy atom. The van der Waals surface area contributed by atoms with Crippen molar-refractivity contribution in [1.29, 1.82) is 0 Å². The van der Waals surface area contributed by atoms with Gasteiger partial charge in [0.2, 0.25) is 0 Å². The van der Waals surface area contributed by atoms with E-state index in [1.807, 2.05) is 0 Å². The Labute approximate surface area is 88.4 Å². The topological polar surface area (TPSA) is 21.3 Å². The largest absolute Gasteiger partial charge is 0.383 e. The maximum atomic E-state index is 5.26. The van der Waals surface area contributed by atoms with Gasteiger partial charge in [0, 0.05) is 19.2 Å². The molecule has 0 heterocycles. The Hall–Kier alpha value is -0.0800. The SMILES string of the molecule is CCC(C)C(C)NC(COC)C1CC1. The molecule has 1 saturated carbocycles. The first-order valence-electron chi connectivity index (χ1n) is 5.94. The van der Waals surface area contributed by atoms with E-state index in [0.717, 1.165) is 18.4 Å². The number of nitrogens with one attached hydrogen (secondary N) is 1. The Bertz CT molecular complexity index is 156. The smallest absolute Gasteiger partial charge is 0.0618 e. The molecule has 0 saturated heterocycles. The molecule has 1 rings (SSSR count). The van der Waals surface area contributed by atoms with E-state index in [4.69, 9.17) is 4.74 Å². The van der Waals surface area contributed by atoms with Gasteiger partial charge in [-0.25, -0.2) is 0 Å². The van der Waals surface area contributed by atoms with Crippen molar-refractivity contribution in [2.75, 3.05) is 13.7 Å². The summed E-state index contributed by atoms with van der Waals surface area (Å²) in [5, 5.41) is 3.71. The molecule has 1 N–H and O–H groups in total. The van der Waals surface area contributed by atoms with Crippen LogP contribution in [0.1, 0.15) is 40.0 Å². The summed E-state index contributed by atoms with van der Waals surface area (Å²) in [6.07, 6.45) is 4.01. The molecule has 14 heavy (non-hydrogen) atoms. The van der Waals surface area contributed by atoms with Gasteiger partial charge in [-0.05, 0) is 31.6 Å². The minimum absolute atomic E-state index is 0.587. The summed E-state index contributed by atoms with van der Waals surface area (Å²) in [4.78, 5) is 0. The lowest BCUT2D eigenvalue weighted by atomic mass is 9.99. The van der Waals surface area contributed by atoms with Crippen LogP contribution in [-0.4, -0.2) is 25.8 Å². The third-order valence-electron chi connectivity index (χ3n) is 3.51. The number of ether oxygens (including phenoxy) is 1. The van der Waals surface area contributed by atoms with Gasteiger partial charge >= 0.3 is 0 Å². The van der Waals surface area contributed by atoms with Gasteiger partial charge in [-0.15, -0.1) is 0 Å². The van der Waals surface area contributed by atoms with E-state index in [-0.39, 0.29) is 0 Å². The molecule has 1 aliphatic carbocycles. The summed E-state index contributed by atoms with van der Waals surface area (Å²) in [6, 6.07) is 1.20.